The molecule has 2 aliphatic heterocycles. The maximum absolute atomic E-state index is 13.7. The fourth-order valence-corrected chi connectivity index (χ4v) is 4.82. The van der Waals surface area contributed by atoms with Crippen LogP contribution in [0.25, 0.3) is 0 Å². The van der Waals surface area contributed by atoms with Crippen LogP contribution in [0.2, 0.25) is 5.02 Å². The topological polar surface area (TPSA) is 132 Å². The van der Waals surface area contributed by atoms with E-state index in [0.29, 0.717) is 39.0 Å². The van der Waals surface area contributed by atoms with Crippen molar-refractivity contribution in [3.8, 4) is 11.5 Å². The first-order valence-corrected chi connectivity index (χ1v) is 12.1. The highest BCUT2D eigenvalue weighted by atomic mass is 35.5. The lowest BCUT2D eigenvalue weighted by Gasteiger charge is -2.25. The molecule has 3 aromatic rings. The minimum absolute atomic E-state index is 0.0716. The van der Waals surface area contributed by atoms with Crippen molar-refractivity contribution in [1.82, 2.24) is 5.01 Å². The molecule has 0 bridgehead atoms. The second kappa shape index (κ2) is 10.2. The number of nitro benzene ring substituents is 1. The molecule has 0 aromatic heterocycles. The van der Waals surface area contributed by atoms with Crippen LogP contribution in [0.3, 0.4) is 0 Å². The van der Waals surface area contributed by atoms with Crippen LogP contribution in [0.15, 0.2) is 65.8 Å². The molecule has 0 fully saturated rings. The summed E-state index contributed by atoms with van der Waals surface area (Å²) < 4.78 is 10.8. The number of nitro groups is 1. The number of hydrazone groups is 1. The van der Waals surface area contributed by atoms with Crippen molar-refractivity contribution in [1.29, 1.82) is 0 Å². The zero-order valence-electron chi connectivity index (χ0n) is 20.8. The standard InChI is InChI=1S/C27H21ClN4O7/c1-38-23-10-5-16(11-24(23)39-2)22-13-20(15-3-7-18(8-4-15)32(36)37)29-31(22)25(33)14-30-21-9-6-17(28)12-19(21)26(34)27(30)35/h3-12,22H,13-14H2,1-2H3. The fraction of sp³-hybridized carbons (Fsp3) is 0.185. The first kappa shape index (κ1) is 25.9. The molecule has 0 N–H and O–H groups in total. The smallest absolute Gasteiger partial charge is 0.299 e. The fourth-order valence-electron chi connectivity index (χ4n) is 4.65. The van der Waals surface area contributed by atoms with Gasteiger partial charge in [0.05, 0.1) is 42.1 Å². The third kappa shape index (κ3) is 4.68. The van der Waals surface area contributed by atoms with Gasteiger partial charge in [-0.1, -0.05) is 17.7 Å². The number of ether oxygens (including phenoxy) is 2. The molecule has 39 heavy (non-hydrogen) atoms. The largest absolute Gasteiger partial charge is 0.493 e. The van der Waals surface area contributed by atoms with Gasteiger partial charge in [-0.15, -0.1) is 0 Å². The summed E-state index contributed by atoms with van der Waals surface area (Å²) in [6, 6.07) is 15.0. The van der Waals surface area contributed by atoms with Gasteiger partial charge in [-0.2, -0.15) is 5.10 Å². The number of non-ortho nitro benzene ring substituents is 1. The van der Waals surface area contributed by atoms with E-state index >= 15 is 0 Å². The van der Waals surface area contributed by atoms with Crippen molar-refractivity contribution in [3.05, 3.63) is 92.5 Å². The third-order valence-electron chi connectivity index (χ3n) is 6.60. The molecule has 0 spiro atoms. The van der Waals surface area contributed by atoms with Crippen LogP contribution in [-0.4, -0.2) is 54.0 Å². The summed E-state index contributed by atoms with van der Waals surface area (Å²) >= 11 is 6.00. The number of halogens is 1. The number of ketones is 1. The zero-order chi connectivity index (χ0) is 27.8. The number of carbonyl (C=O) groups excluding carboxylic acids is 3. The van der Waals surface area contributed by atoms with Gasteiger partial charge in [-0.05, 0) is 53.6 Å². The maximum Gasteiger partial charge on any atom is 0.299 e. The van der Waals surface area contributed by atoms with Crippen molar-refractivity contribution in [3.63, 3.8) is 0 Å². The Morgan fingerprint density at radius 1 is 1.05 bits per heavy atom. The molecule has 0 saturated heterocycles. The average Bonchev–Trinajstić information content (AvgIpc) is 3.49. The number of methoxy groups -OCH3 is 2. The monoisotopic (exact) mass is 548 g/mol. The highest BCUT2D eigenvalue weighted by Crippen LogP contribution is 2.38. The van der Waals surface area contributed by atoms with Gasteiger partial charge >= 0.3 is 0 Å². The number of anilines is 1. The summed E-state index contributed by atoms with van der Waals surface area (Å²) in [5, 5.41) is 17.2. The van der Waals surface area contributed by atoms with Gasteiger partial charge in [-0.25, -0.2) is 5.01 Å². The van der Waals surface area contributed by atoms with E-state index < -0.39 is 35.1 Å². The number of Topliss-reactive ketones (excluding diaryl/α,β-unsaturated/α-hetero) is 1. The summed E-state index contributed by atoms with van der Waals surface area (Å²) in [6.07, 6.45) is 0.290. The minimum Gasteiger partial charge on any atom is -0.493 e. The molecular formula is C27H21ClN4O7. The van der Waals surface area contributed by atoms with Crippen LogP contribution in [0.1, 0.15) is 33.9 Å². The molecule has 0 saturated carbocycles. The highest BCUT2D eigenvalue weighted by Gasteiger charge is 2.40. The SMILES string of the molecule is COc1ccc(C2CC(c3ccc([N+](=O)[O-])cc3)=NN2C(=O)CN2C(=O)C(=O)c3cc(Cl)ccc32)cc1OC. The van der Waals surface area contributed by atoms with E-state index in [1.54, 1.807) is 30.3 Å². The lowest BCUT2D eigenvalue weighted by Crippen LogP contribution is -2.40. The number of hydrogen-bond acceptors (Lipinski definition) is 8. The molecule has 1 atom stereocenters. The molecule has 0 radical (unpaired) electrons. The van der Waals surface area contributed by atoms with Crippen LogP contribution in [-0.2, 0) is 9.59 Å². The van der Waals surface area contributed by atoms with Crippen LogP contribution >= 0.6 is 11.6 Å². The first-order chi connectivity index (χ1) is 18.7. The molecular weight excluding hydrogens is 528 g/mol. The molecule has 2 heterocycles. The van der Waals surface area contributed by atoms with Crippen molar-refractivity contribution in [2.24, 2.45) is 5.10 Å². The Balaban J connectivity index is 1.50. The van der Waals surface area contributed by atoms with Crippen LogP contribution in [0.4, 0.5) is 11.4 Å². The first-order valence-electron chi connectivity index (χ1n) is 11.7. The average molecular weight is 549 g/mol. The lowest BCUT2D eigenvalue weighted by molar-refractivity contribution is -0.384. The highest BCUT2D eigenvalue weighted by molar-refractivity contribution is 6.53. The van der Waals surface area contributed by atoms with Gasteiger partial charge in [0.15, 0.2) is 11.5 Å². The van der Waals surface area contributed by atoms with E-state index in [4.69, 9.17) is 21.1 Å². The Kier molecular flexibility index (Phi) is 6.75. The Bertz CT molecular complexity index is 1550. The Morgan fingerprint density at radius 2 is 1.77 bits per heavy atom. The van der Waals surface area contributed by atoms with Gasteiger partial charge in [0.1, 0.15) is 6.54 Å². The van der Waals surface area contributed by atoms with E-state index in [-0.39, 0.29) is 17.7 Å². The van der Waals surface area contributed by atoms with E-state index in [9.17, 15) is 24.5 Å². The van der Waals surface area contributed by atoms with E-state index in [2.05, 4.69) is 5.10 Å². The molecule has 1 unspecified atom stereocenters. The van der Waals surface area contributed by atoms with Crippen molar-refractivity contribution in [2.75, 3.05) is 25.7 Å². The summed E-state index contributed by atoms with van der Waals surface area (Å²) in [5.74, 6) is -1.15. The molecule has 198 valence electrons. The molecule has 2 aliphatic rings. The van der Waals surface area contributed by atoms with Crippen LogP contribution in [0.5, 0.6) is 11.5 Å². The summed E-state index contributed by atoms with van der Waals surface area (Å²) in [4.78, 5) is 50.6. The van der Waals surface area contributed by atoms with E-state index in [0.717, 1.165) is 4.90 Å². The van der Waals surface area contributed by atoms with Crippen molar-refractivity contribution >= 4 is 46.3 Å². The number of benzene rings is 3. The number of fused-ring (bicyclic) bond motifs is 1. The van der Waals surface area contributed by atoms with Crippen molar-refractivity contribution < 1.29 is 28.8 Å². The Morgan fingerprint density at radius 3 is 2.44 bits per heavy atom. The Labute approximate surface area is 227 Å². The zero-order valence-corrected chi connectivity index (χ0v) is 21.5. The van der Waals surface area contributed by atoms with E-state index in [1.807, 2.05) is 0 Å². The van der Waals surface area contributed by atoms with Gasteiger partial charge in [0.25, 0.3) is 23.3 Å². The predicted octanol–water partition coefficient (Wildman–Crippen LogP) is 4.17. The maximum atomic E-state index is 13.7. The lowest BCUT2D eigenvalue weighted by atomic mass is 9.98. The molecule has 5 rings (SSSR count). The normalized spacial score (nSPS) is 16.3. The second-order valence-electron chi connectivity index (χ2n) is 8.81. The number of carbonyl (C=O) groups is 3. The van der Waals surface area contributed by atoms with Gasteiger partial charge in [-0.3, -0.25) is 29.4 Å². The van der Waals surface area contributed by atoms with Gasteiger partial charge in [0.2, 0.25) is 0 Å². The molecule has 3 aromatic carbocycles. The summed E-state index contributed by atoms with van der Waals surface area (Å²) in [7, 11) is 3.01. The minimum atomic E-state index is -0.831. The summed E-state index contributed by atoms with van der Waals surface area (Å²) in [5.41, 5.74) is 2.18. The second-order valence-corrected chi connectivity index (χ2v) is 9.24. The molecule has 2 amide bonds. The number of amides is 2. The van der Waals surface area contributed by atoms with Gasteiger partial charge < -0.3 is 9.47 Å². The molecule has 0 aliphatic carbocycles. The van der Waals surface area contributed by atoms with Crippen LogP contribution < -0.4 is 14.4 Å². The van der Waals surface area contributed by atoms with E-state index in [1.165, 1.54) is 49.6 Å². The van der Waals surface area contributed by atoms with Crippen molar-refractivity contribution in [2.45, 2.75) is 12.5 Å². The quantitative estimate of drug-likeness (QED) is 0.246. The third-order valence-corrected chi connectivity index (χ3v) is 6.83. The predicted molar refractivity (Wildman–Crippen MR) is 142 cm³/mol. The number of nitrogens with zero attached hydrogens (tertiary/aromatic N) is 4. The number of hydrogen-bond donors (Lipinski definition) is 0. The van der Waals surface area contributed by atoms with Crippen LogP contribution in [0, 0.1) is 10.1 Å². The molecule has 11 nitrogen and oxygen atoms in total. The molecule has 12 heteroatoms. The Hall–Kier alpha value is -4.77. The van der Waals surface area contributed by atoms with Gasteiger partial charge in [0, 0.05) is 23.6 Å². The summed E-state index contributed by atoms with van der Waals surface area (Å²) in [6.45, 7) is -0.431. The number of rotatable bonds is 7.